The standard InChI is InChI=1S/C24H26FN7/c1-16-12-17(25)4-9-22(16)29-23-21-13-28-32(24(21)27-15-26-23)19-7-5-18(6-8-19)31-11-10-20(14-31)30(2)3/h4-9,12-13,15,20H,10-11,14H2,1-3H3,(H,26,27,29)/t20-/m1/s1. The molecule has 1 aliphatic rings. The van der Waals surface area contributed by atoms with Gasteiger partial charge in [-0.3, -0.25) is 0 Å². The van der Waals surface area contributed by atoms with Crippen LogP contribution in [0.4, 0.5) is 21.6 Å². The molecule has 0 amide bonds. The molecule has 0 radical (unpaired) electrons. The summed E-state index contributed by atoms with van der Waals surface area (Å²) in [5.41, 5.74) is 4.47. The van der Waals surface area contributed by atoms with Crippen LogP contribution in [0.2, 0.25) is 0 Å². The second-order valence-electron chi connectivity index (χ2n) is 8.47. The van der Waals surface area contributed by atoms with Crippen molar-refractivity contribution in [2.75, 3.05) is 37.4 Å². The minimum atomic E-state index is -0.261. The molecule has 3 heterocycles. The molecule has 4 aromatic rings. The van der Waals surface area contributed by atoms with Gasteiger partial charge in [0.25, 0.3) is 0 Å². The van der Waals surface area contributed by atoms with Crippen LogP contribution >= 0.6 is 0 Å². The number of nitrogens with one attached hydrogen (secondary N) is 1. The summed E-state index contributed by atoms with van der Waals surface area (Å²) in [7, 11) is 4.28. The van der Waals surface area contributed by atoms with Gasteiger partial charge in [0, 0.05) is 30.5 Å². The molecule has 2 aromatic carbocycles. The summed E-state index contributed by atoms with van der Waals surface area (Å²) < 4.78 is 15.3. The number of benzene rings is 2. The minimum absolute atomic E-state index is 0.261. The number of halogens is 1. The molecular formula is C24H26FN7. The van der Waals surface area contributed by atoms with E-state index in [9.17, 15) is 4.39 Å². The Labute approximate surface area is 186 Å². The molecule has 0 spiro atoms. The van der Waals surface area contributed by atoms with Crippen LogP contribution < -0.4 is 10.2 Å². The van der Waals surface area contributed by atoms with E-state index in [1.54, 1.807) is 12.3 Å². The van der Waals surface area contributed by atoms with Crippen molar-refractivity contribution in [1.29, 1.82) is 0 Å². The van der Waals surface area contributed by atoms with Crippen molar-refractivity contribution < 1.29 is 4.39 Å². The van der Waals surface area contributed by atoms with Gasteiger partial charge >= 0.3 is 0 Å². The highest BCUT2D eigenvalue weighted by Crippen LogP contribution is 2.28. The number of aromatic nitrogens is 4. The van der Waals surface area contributed by atoms with Gasteiger partial charge in [-0.25, -0.2) is 19.0 Å². The van der Waals surface area contributed by atoms with Crippen molar-refractivity contribution in [2.45, 2.75) is 19.4 Å². The molecule has 1 atom stereocenters. The van der Waals surface area contributed by atoms with Crippen LogP contribution in [0.1, 0.15) is 12.0 Å². The monoisotopic (exact) mass is 431 g/mol. The molecular weight excluding hydrogens is 405 g/mol. The van der Waals surface area contributed by atoms with Crippen molar-refractivity contribution in [2.24, 2.45) is 0 Å². The third-order valence-corrected chi connectivity index (χ3v) is 6.16. The Kier molecular flexibility index (Phi) is 5.22. The highest BCUT2D eigenvalue weighted by atomic mass is 19.1. The maximum atomic E-state index is 13.4. The van der Waals surface area contributed by atoms with Gasteiger partial charge < -0.3 is 15.1 Å². The van der Waals surface area contributed by atoms with Crippen LogP contribution in [0.25, 0.3) is 16.7 Å². The smallest absolute Gasteiger partial charge is 0.168 e. The summed E-state index contributed by atoms with van der Waals surface area (Å²) in [6, 6.07) is 13.7. The third kappa shape index (κ3) is 3.78. The Balaban J connectivity index is 1.41. The Bertz CT molecular complexity index is 1250. The number of likely N-dealkylation sites (N-methyl/N-ethyl adjacent to an activating group) is 1. The molecule has 0 aliphatic carbocycles. The van der Waals surface area contributed by atoms with Crippen molar-refractivity contribution in [1.82, 2.24) is 24.6 Å². The predicted octanol–water partition coefficient (Wildman–Crippen LogP) is 4.15. The molecule has 0 saturated carbocycles. The first kappa shape index (κ1) is 20.4. The maximum absolute atomic E-state index is 13.4. The number of hydrogen-bond acceptors (Lipinski definition) is 6. The second kappa shape index (κ2) is 8.20. The van der Waals surface area contributed by atoms with Gasteiger partial charge in [0.1, 0.15) is 18.0 Å². The molecule has 5 rings (SSSR count). The summed E-state index contributed by atoms with van der Waals surface area (Å²) >= 11 is 0. The van der Waals surface area contributed by atoms with Crippen LogP contribution in [-0.2, 0) is 0 Å². The molecule has 32 heavy (non-hydrogen) atoms. The number of fused-ring (bicyclic) bond motifs is 1. The molecule has 1 N–H and O–H groups in total. The normalized spacial score (nSPS) is 16.3. The molecule has 7 nitrogen and oxygen atoms in total. The third-order valence-electron chi connectivity index (χ3n) is 6.16. The first-order valence-electron chi connectivity index (χ1n) is 10.7. The van der Waals surface area contributed by atoms with Crippen molar-refractivity contribution in [3.05, 3.63) is 66.4 Å². The van der Waals surface area contributed by atoms with Gasteiger partial charge in [0.15, 0.2) is 5.65 Å². The van der Waals surface area contributed by atoms with E-state index in [-0.39, 0.29) is 5.82 Å². The SMILES string of the molecule is Cc1cc(F)ccc1Nc1ncnc2c1cnn2-c1ccc(N2CC[C@@H](N(C)C)C2)cc1. The fourth-order valence-corrected chi connectivity index (χ4v) is 4.23. The molecule has 8 heteroatoms. The Morgan fingerprint density at radius 2 is 1.84 bits per heavy atom. The molecule has 1 saturated heterocycles. The van der Waals surface area contributed by atoms with Crippen LogP contribution in [0, 0.1) is 12.7 Å². The molecule has 2 aromatic heterocycles. The van der Waals surface area contributed by atoms with E-state index < -0.39 is 0 Å². The summed E-state index contributed by atoms with van der Waals surface area (Å²) in [5.74, 6) is 0.377. The fourth-order valence-electron chi connectivity index (χ4n) is 4.23. The highest BCUT2D eigenvalue weighted by molar-refractivity contribution is 5.89. The zero-order valence-electron chi connectivity index (χ0n) is 18.5. The van der Waals surface area contributed by atoms with E-state index in [4.69, 9.17) is 0 Å². The summed E-state index contributed by atoms with van der Waals surface area (Å²) in [5, 5.41) is 8.65. The first-order chi connectivity index (χ1) is 15.5. The van der Waals surface area contributed by atoms with Gasteiger partial charge in [-0.05, 0) is 75.5 Å². The van der Waals surface area contributed by atoms with E-state index in [0.717, 1.165) is 35.4 Å². The quantitative estimate of drug-likeness (QED) is 0.512. The van der Waals surface area contributed by atoms with E-state index in [2.05, 4.69) is 68.5 Å². The zero-order chi connectivity index (χ0) is 22.2. The van der Waals surface area contributed by atoms with E-state index in [0.29, 0.717) is 17.5 Å². The largest absolute Gasteiger partial charge is 0.370 e. The van der Waals surface area contributed by atoms with E-state index in [1.165, 1.54) is 30.6 Å². The average Bonchev–Trinajstić information content (AvgIpc) is 3.44. The Hall–Kier alpha value is -3.52. The summed E-state index contributed by atoms with van der Waals surface area (Å²) in [4.78, 5) is 13.6. The first-order valence-corrected chi connectivity index (χ1v) is 10.7. The van der Waals surface area contributed by atoms with Crippen molar-refractivity contribution >= 4 is 28.2 Å². The Morgan fingerprint density at radius 3 is 2.56 bits per heavy atom. The fraction of sp³-hybridized carbons (Fsp3) is 0.292. The van der Waals surface area contributed by atoms with Gasteiger partial charge in [-0.2, -0.15) is 5.10 Å². The van der Waals surface area contributed by atoms with Crippen LogP contribution in [0.3, 0.4) is 0 Å². The lowest BCUT2D eigenvalue weighted by Gasteiger charge is -2.22. The van der Waals surface area contributed by atoms with Crippen molar-refractivity contribution in [3.8, 4) is 5.69 Å². The second-order valence-corrected chi connectivity index (χ2v) is 8.47. The number of rotatable bonds is 5. The zero-order valence-corrected chi connectivity index (χ0v) is 18.5. The molecule has 164 valence electrons. The lowest BCUT2D eigenvalue weighted by Crippen LogP contribution is -2.31. The van der Waals surface area contributed by atoms with E-state index >= 15 is 0 Å². The van der Waals surface area contributed by atoms with Crippen molar-refractivity contribution in [3.63, 3.8) is 0 Å². The molecule has 0 bridgehead atoms. The highest BCUT2D eigenvalue weighted by Gasteiger charge is 2.24. The molecule has 0 unspecified atom stereocenters. The van der Waals surface area contributed by atoms with Crippen LogP contribution in [-0.4, -0.2) is 57.9 Å². The molecule has 1 aliphatic heterocycles. The summed E-state index contributed by atoms with van der Waals surface area (Å²) in [6.45, 7) is 3.97. The number of hydrogen-bond donors (Lipinski definition) is 1. The molecule has 1 fully saturated rings. The van der Waals surface area contributed by atoms with Gasteiger partial charge in [0.05, 0.1) is 17.3 Å². The average molecular weight is 432 g/mol. The summed E-state index contributed by atoms with van der Waals surface area (Å²) in [6.07, 6.45) is 4.45. The maximum Gasteiger partial charge on any atom is 0.168 e. The predicted molar refractivity (Wildman–Crippen MR) is 125 cm³/mol. The van der Waals surface area contributed by atoms with Gasteiger partial charge in [-0.15, -0.1) is 0 Å². The number of nitrogens with zero attached hydrogens (tertiary/aromatic N) is 6. The van der Waals surface area contributed by atoms with Crippen LogP contribution in [0.15, 0.2) is 55.0 Å². The number of anilines is 3. The van der Waals surface area contributed by atoms with Gasteiger partial charge in [0.2, 0.25) is 0 Å². The Morgan fingerprint density at radius 1 is 1.06 bits per heavy atom. The lowest BCUT2D eigenvalue weighted by atomic mass is 10.2. The minimum Gasteiger partial charge on any atom is -0.370 e. The topological polar surface area (TPSA) is 62.1 Å². The van der Waals surface area contributed by atoms with E-state index in [1.807, 2.05) is 11.6 Å². The number of aryl methyl sites for hydroxylation is 1. The lowest BCUT2D eigenvalue weighted by molar-refractivity contribution is 0.315. The van der Waals surface area contributed by atoms with Crippen LogP contribution in [0.5, 0.6) is 0 Å². The van der Waals surface area contributed by atoms with Gasteiger partial charge in [-0.1, -0.05) is 0 Å².